The SMILES string of the molecule is Cc1cccc(CNCC2CCC=CO2)n1. The number of nitrogens with zero attached hydrogens (tertiary/aromatic N) is 1. The zero-order valence-corrected chi connectivity index (χ0v) is 9.65. The highest BCUT2D eigenvalue weighted by atomic mass is 16.5. The van der Waals surface area contributed by atoms with E-state index in [9.17, 15) is 0 Å². The first kappa shape index (κ1) is 11.1. The highest BCUT2D eigenvalue weighted by Crippen LogP contribution is 2.09. The molecule has 1 unspecified atom stereocenters. The van der Waals surface area contributed by atoms with Gasteiger partial charge in [-0.25, -0.2) is 0 Å². The molecule has 0 saturated heterocycles. The van der Waals surface area contributed by atoms with Crippen LogP contribution in [-0.2, 0) is 11.3 Å². The second kappa shape index (κ2) is 5.66. The molecule has 0 bridgehead atoms. The van der Waals surface area contributed by atoms with Crippen LogP contribution in [0.4, 0.5) is 0 Å². The van der Waals surface area contributed by atoms with Gasteiger partial charge >= 0.3 is 0 Å². The third-order valence-electron chi connectivity index (χ3n) is 2.65. The van der Waals surface area contributed by atoms with Gasteiger partial charge in [-0.1, -0.05) is 6.07 Å². The number of nitrogens with one attached hydrogen (secondary N) is 1. The summed E-state index contributed by atoms with van der Waals surface area (Å²) in [4.78, 5) is 4.44. The van der Waals surface area contributed by atoms with Gasteiger partial charge in [-0.3, -0.25) is 4.98 Å². The van der Waals surface area contributed by atoms with E-state index in [1.165, 1.54) is 0 Å². The minimum absolute atomic E-state index is 0.315. The summed E-state index contributed by atoms with van der Waals surface area (Å²) in [5.74, 6) is 0. The van der Waals surface area contributed by atoms with Crippen LogP contribution in [0.3, 0.4) is 0 Å². The van der Waals surface area contributed by atoms with Crippen molar-refractivity contribution in [3.8, 4) is 0 Å². The van der Waals surface area contributed by atoms with Crippen LogP contribution >= 0.6 is 0 Å². The smallest absolute Gasteiger partial charge is 0.110 e. The third-order valence-corrected chi connectivity index (χ3v) is 2.65. The number of hydrogen-bond donors (Lipinski definition) is 1. The topological polar surface area (TPSA) is 34.1 Å². The van der Waals surface area contributed by atoms with Gasteiger partial charge in [0.1, 0.15) is 6.10 Å². The number of allylic oxidation sites excluding steroid dienone is 1. The third kappa shape index (κ3) is 3.35. The van der Waals surface area contributed by atoms with Gasteiger partial charge < -0.3 is 10.1 Å². The van der Waals surface area contributed by atoms with E-state index in [0.29, 0.717) is 6.10 Å². The standard InChI is InChI=1S/C13H18N2O/c1-11-5-4-6-12(15-11)9-14-10-13-7-2-3-8-16-13/h3-6,8,13-14H,2,7,9-10H2,1H3. The molecule has 0 aromatic carbocycles. The zero-order valence-electron chi connectivity index (χ0n) is 9.65. The molecule has 0 fully saturated rings. The number of pyridine rings is 1. The maximum atomic E-state index is 5.48. The van der Waals surface area contributed by atoms with Gasteiger partial charge in [-0.15, -0.1) is 0 Å². The first-order chi connectivity index (χ1) is 7.84. The van der Waals surface area contributed by atoms with Crippen molar-refractivity contribution in [3.05, 3.63) is 41.9 Å². The normalized spacial score (nSPS) is 19.4. The maximum Gasteiger partial charge on any atom is 0.110 e. The van der Waals surface area contributed by atoms with Crippen LogP contribution in [0.25, 0.3) is 0 Å². The molecule has 1 atom stereocenters. The second-order valence-corrected chi connectivity index (χ2v) is 4.11. The molecule has 0 radical (unpaired) electrons. The van der Waals surface area contributed by atoms with Gasteiger partial charge in [-0.05, 0) is 38.0 Å². The van der Waals surface area contributed by atoms with E-state index in [4.69, 9.17) is 4.74 Å². The Morgan fingerprint density at radius 1 is 1.50 bits per heavy atom. The number of aromatic nitrogens is 1. The molecule has 1 N–H and O–H groups in total. The van der Waals surface area contributed by atoms with E-state index in [1.807, 2.05) is 25.1 Å². The lowest BCUT2D eigenvalue weighted by Crippen LogP contribution is -2.29. The molecule has 3 nitrogen and oxygen atoms in total. The zero-order chi connectivity index (χ0) is 11.2. The van der Waals surface area contributed by atoms with Crippen molar-refractivity contribution in [1.29, 1.82) is 0 Å². The monoisotopic (exact) mass is 218 g/mol. The minimum Gasteiger partial charge on any atom is -0.497 e. The molecule has 2 heterocycles. The summed E-state index contributed by atoms with van der Waals surface area (Å²) in [7, 11) is 0. The molecule has 1 aliphatic heterocycles. The van der Waals surface area contributed by atoms with E-state index in [-0.39, 0.29) is 0 Å². The number of rotatable bonds is 4. The molecule has 0 aliphatic carbocycles. The lowest BCUT2D eigenvalue weighted by molar-refractivity contribution is 0.122. The number of aryl methyl sites for hydroxylation is 1. The molecule has 1 aromatic rings. The number of hydrogen-bond acceptors (Lipinski definition) is 3. The largest absolute Gasteiger partial charge is 0.497 e. The quantitative estimate of drug-likeness (QED) is 0.841. The summed E-state index contributed by atoms with van der Waals surface area (Å²) in [5.41, 5.74) is 2.16. The summed E-state index contributed by atoms with van der Waals surface area (Å²) in [6.45, 7) is 3.71. The lowest BCUT2D eigenvalue weighted by atomic mass is 10.1. The molecule has 0 amide bonds. The van der Waals surface area contributed by atoms with Crippen molar-refractivity contribution in [2.75, 3.05) is 6.54 Å². The molecule has 86 valence electrons. The lowest BCUT2D eigenvalue weighted by Gasteiger charge is -2.19. The van der Waals surface area contributed by atoms with Crippen LogP contribution in [-0.4, -0.2) is 17.6 Å². The van der Waals surface area contributed by atoms with Crippen molar-refractivity contribution in [1.82, 2.24) is 10.3 Å². The molecule has 16 heavy (non-hydrogen) atoms. The molecular formula is C13H18N2O. The van der Waals surface area contributed by atoms with Gasteiger partial charge in [0.2, 0.25) is 0 Å². The van der Waals surface area contributed by atoms with Crippen LogP contribution in [0, 0.1) is 6.92 Å². The van der Waals surface area contributed by atoms with Crippen LogP contribution < -0.4 is 5.32 Å². The first-order valence-electron chi connectivity index (χ1n) is 5.78. The minimum atomic E-state index is 0.315. The predicted molar refractivity (Wildman–Crippen MR) is 63.9 cm³/mol. The summed E-state index contributed by atoms with van der Waals surface area (Å²) in [6, 6.07) is 6.10. The van der Waals surface area contributed by atoms with E-state index >= 15 is 0 Å². The fourth-order valence-corrected chi connectivity index (χ4v) is 1.79. The van der Waals surface area contributed by atoms with Crippen LogP contribution in [0.5, 0.6) is 0 Å². The van der Waals surface area contributed by atoms with Crippen LogP contribution in [0.1, 0.15) is 24.2 Å². The van der Waals surface area contributed by atoms with Crippen molar-refractivity contribution in [2.24, 2.45) is 0 Å². The van der Waals surface area contributed by atoms with Gasteiger partial charge in [0.25, 0.3) is 0 Å². The Bertz CT molecular complexity index is 363. The summed E-state index contributed by atoms with van der Waals surface area (Å²) < 4.78 is 5.48. The molecule has 1 aliphatic rings. The highest BCUT2D eigenvalue weighted by Gasteiger charge is 2.09. The molecule has 1 aromatic heterocycles. The van der Waals surface area contributed by atoms with Gasteiger partial charge in [-0.2, -0.15) is 0 Å². The number of ether oxygens (including phenoxy) is 1. The summed E-state index contributed by atoms with van der Waals surface area (Å²) in [6.07, 6.45) is 6.41. The van der Waals surface area contributed by atoms with E-state index in [1.54, 1.807) is 6.26 Å². The van der Waals surface area contributed by atoms with Crippen molar-refractivity contribution >= 4 is 0 Å². The Labute approximate surface area is 96.5 Å². The summed E-state index contributed by atoms with van der Waals surface area (Å²) >= 11 is 0. The van der Waals surface area contributed by atoms with Gasteiger partial charge in [0.05, 0.1) is 12.0 Å². The Balaban J connectivity index is 1.73. The average molecular weight is 218 g/mol. The van der Waals surface area contributed by atoms with E-state index in [2.05, 4.69) is 16.4 Å². The second-order valence-electron chi connectivity index (χ2n) is 4.11. The van der Waals surface area contributed by atoms with Crippen molar-refractivity contribution in [2.45, 2.75) is 32.4 Å². The predicted octanol–water partition coefficient (Wildman–Crippen LogP) is 2.17. The van der Waals surface area contributed by atoms with Crippen LogP contribution in [0.15, 0.2) is 30.5 Å². The van der Waals surface area contributed by atoms with Gasteiger partial charge in [0.15, 0.2) is 0 Å². The Hall–Kier alpha value is -1.35. The molecular weight excluding hydrogens is 200 g/mol. The molecule has 0 saturated carbocycles. The van der Waals surface area contributed by atoms with Crippen molar-refractivity contribution < 1.29 is 4.74 Å². The van der Waals surface area contributed by atoms with Gasteiger partial charge in [0, 0.05) is 18.8 Å². The van der Waals surface area contributed by atoms with Crippen molar-refractivity contribution in [3.63, 3.8) is 0 Å². The Morgan fingerprint density at radius 2 is 2.44 bits per heavy atom. The van der Waals surface area contributed by atoms with Crippen LogP contribution in [0.2, 0.25) is 0 Å². The first-order valence-corrected chi connectivity index (χ1v) is 5.78. The molecule has 0 spiro atoms. The average Bonchev–Trinajstić information content (AvgIpc) is 2.30. The molecule has 2 rings (SSSR count). The fraction of sp³-hybridized carbons (Fsp3) is 0.462. The Morgan fingerprint density at radius 3 is 3.19 bits per heavy atom. The highest BCUT2D eigenvalue weighted by molar-refractivity contribution is 5.09. The Kier molecular flexibility index (Phi) is 3.94. The molecule has 3 heteroatoms. The van der Waals surface area contributed by atoms with E-state index in [0.717, 1.165) is 37.3 Å². The summed E-state index contributed by atoms with van der Waals surface area (Å²) in [5, 5.41) is 3.38. The maximum absolute atomic E-state index is 5.48. The fourth-order valence-electron chi connectivity index (χ4n) is 1.79. The van der Waals surface area contributed by atoms with E-state index < -0.39 is 0 Å².